The predicted octanol–water partition coefficient (Wildman–Crippen LogP) is 2.29. The summed E-state index contributed by atoms with van der Waals surface area (Å²) in [4.78, 5) is 14.0. The third-order valence-corrected chi connectivity index (χ3v) is 3.52. The quantitative estimate of drug-likeness (QED) is 0.643. The van der Waals surface area contributed by atoms with E-state index in [1.807, 2.05) is 4.90 Å². The molecule has 0 N–H and O–H groups in total. The summed E-state index contributed by atoms with van der Waals surface area (Å²) >= 11 is 0. The molecule has 1 saturated heterocycles. The zero-order valence-corrected chi connectivity index (χ0v) is 9.42. The molecule has 0 spiro atoms. The maximum atomic E-state index is 12.0. The summed E-state index contributed by atoms with van der Waals surface area (Å²) in [6, 6.07) is 0.355. The Hall–Kier alpha value is -0.530. The molecule has 0 aromatic heterocycles. The maximum Gasteiger partial charge on any atom is 0.229 e. The average molecular weight is 183 g/mol. The first-order valence-electron chi connectivity index (χ1n) is 5.20. The second-order valence-electron chi connectivity index (χ2n) is 4.91. The van der Waals surface area contributed by atoms with Gasteiger partial charge in [-0.3, -0.25) is 4.79 Å². The highest BCUT2D eigenvalue weighted by atomic mass is 16.2. The predicted molar refractivity (Wildman–Crippen MR) is 54.4 cm³/mol. The summed E-state index contributed by atoms with van der Waals surface area (Å²) in [7, 11) is 0. The third-order valence-electron chi connectivity index (χ3n) is 3.52. The van der Waals surface area contributed by atoms with Gasteiger partial charge >= 0.3 is 0 Å². The van der Waals surface area contributed by atoms with Crippen molar-refractivity contribution >= 4 is 5.91 Å². The lowest BCUT2D eigenvalue weighted by atomic mass is 9.78. The van der Waals surface area contributed by atoms with E-state index in [0.29, 0.717) is 17.9 Å². The number of carbonyl (C=O) groups excluding carboxylic acids is 1. The molecular weight excluding hydrogens is 162 g/mol. The van der Waals surface area contributed by atoms with Gasteiger partial charge < -0.3 is 4.90 Å². The van der Waals surface area contributed by atoms with Crippen LogP contribution in [-0.4, -0.2) is 23.4 Å². The lowest BCUT2D eigenvalue weighted by Crippen LogP contribution is -2.39. The van der Waals surface area contributed by atoms with Gasteiger partial charge in [-0.2, -0.15) is 0 Å². The van der Waals surface area contributed by atoms with E-state index in [1.165, 1.54) is 0 Å². The fourth-order valence-corrected chi connectivity index (χ4v) is 1.92. The van der Waals surface area contributed by atoms with Crippen LogP contribution >= 0.6 is 0 Å². The van der Waals surface area contributed by atoms with Gasteiger partial charge in [0.25, 0.3) is 0 Å². The van der Waals surface area contributed by atoms with Gasteiger partial charge in [0.15, 0.2) is 0 Å². The molecule has 0 bridgehead atoms. The standard InChI is InChI=1S/C11H21NO/c1-8(2)11(5)6-7-12(9(3)4)10(11)13/h8-9H,6-7H2,1-5H3. The molecule has 0 radical (unpaired) electrons. The van der Waals surface area contributed by atoms with Crippen molar-refractivity contribution in [1.29, 1.82) is 0 Å². The minimum atomic E-state index is -0.107. The Morgan fingerprint density at radius 2 is 1.85 bits per heavy atom. The smallest absolute Gasteiger partial charge is 0.229 e. The van der Waals surface area contributed by atoms with Crippen molar-refractivity contribution in [1.82, 2.24) is 4.90 Å². The molecule has 0 saturated carbocycles. The Morgan fingerprint density at radius 1 is 1.31 bits per heavy atom. The van der Waals surface area contributed by atoms with Crippen molar-refractivity contribution in [2.75, 3.05) is 6.54 Å². The molecule has 76 valence electrons. The molecule has 1 atom stereocenters. The van der Waals surface area contributed by atoms with Gasteiger partial charge in [0.05, 0.1) is 5.41 Å². The Morgan fingerprint density at radius 3 is 2.08 bits per heavy atom. The van der Waals surface area contributed by atoms with Crippen LogP contribution in [0.25, 0.3) is 0 Å². The van der Waals surface area contributed by atoms with Gasteiger partial charge in [-0.15, -0.1) is 0 Å². The highest BCUT2D eigenvalue weighted by molar-refractivity contribution is 5.84. The number of nitrogens with zero attached hydrogens (tertiary/aromatic N) is 1. The van der Waals surface area contributed by atoms with Crippen LogP contribution in [0.3, 0.4) is 0 Å². The lowest BCUT2D eigenvalue weighted by Gasteiger charge is -2.28. The number of rotatable bonds is 2. The molecule has 0 aromatic rings. The van der Waals surface area contributed by atoms with Crippen molar-refractivity contribution in [3.05, 3.63) is 0 Å². The van der Waals surface area contributed by atoms with E-state index < -0.39 is 0 Å². The van der Waals surface area contributed by atoms with Crippen LogP contribution in [0.15, 0.2) is 0 Å². The topological polar surface area (TPSA) is 20.3 Å². The Bertz CT molecular complexity index is 210. The van der Waals surface area contributed by atoms with Gasteiger partial charge in [0.1, 0.15) is 0 Å². The lowest BCUT2D eigenvalue weighted by molar-refractivity contribution is -0.138. The highest BCUT2D eigenvalue weighted by Gasteiger charge is 2.45. The highest BCUT2D eigenvalue weighted by Crippen LogP contribution is 2.39. The van der Waals surface area contributed by atoms with Gasteiger partial charge in [-0.1, -0.05) is 20.8 Å². The molecule has 1 rings (SSSR count). The molecule has 13 heavy (non-hydrogen) atoms. The molecule has 1 aliphatic heterocycles. The number of hydrogen-bond acceptors (Lipinski definition) is 1. The largest absolute Gasteiger partial charge is 0.340 e. The maximum absolute atomic E-state index is 12.0. The molecule has 1 unspecified atom stereocenters. The number of carbonyl (C=O) groups is 1. The summed E-state index contributed by atoms with van der Waals surface area (Å²) in [6.07, 6.45) is 1.02. The molecule has 2 heteroatoms. The second kappa shape index (κ2) is 3.32. The van der Waals surface area contributed by atoms with E-state index in [1.54, 1.807) is 0 Å². The first kappa shape index (κ1) is 10.6. The third kappa shape index (κ3) is 1.59. The first-order chi connectivity index (χ1) is 5.89. The summed E-state index contributed by atoms with van der Waals surface area (Å²) in [6.45, 7) is 11.5. The van der Waals surface area contributed by atoms with Crippen molar-refractivity contribution in [2.45, 2.75) is 47.1 Å². The van der Waals surface area contributed by atoms with Crippen LogP contribution < -0.4 is 0 Å². The van der Waals surface area contributed by atoms with E-state index in [9.17, 15) is 4.79 Å². The van der Waals surface area contributed by atoms with E-state index in [-0.39, 0.29) is 5.41 Å². The van der Waals surface area contributed by atoms with Crippen molar-refractivity contribution in [2.24, 2.45) is 11.3 Å². The van der Waals surface area contributed by atoms with Crippen LogP contribution in [-0.2, 0) is 4.79 Å². The van der Waals surface area contributed by atoms with Crippen molar-refractivity contribution in [3.63, 3.8) is 0 Å². The minimum Gasteiger partial charge on any atom is -0.340 e. The van der Waals surface area contributed by atoms with Gasteiger partial charge in [0.2, 0.25) is 5.91 Å². The molecule has 0 aliphatic carbocycles. The Labute approximate surface area is 81.3 Å². The van der Waals surface area contributed by atoms with E-state index in [4.69, 9.17) is 0 Å². The fourth-order valence-electron chi connectivity index (χ4n) is 1.92. The summed E-state index contributed by atoms with van der Waals surface area (Å²) in [5, 5.41) is 0. The fraction of sp³-hybridized carbons (Fsp3) is 0.909. The zero-order valence-electron chi connectivity index (χ0n) is 9.42. The molecule has 0 aromatic carbocycles. The SMILES string of the molecule is CC(C)N1CCC(C)(C(C)C)C1=O. The zero-order chi connectivity index (χ0) is 10.2. The Balaban J connectivity index is 2.81. The number of likely N-dealkylation sites (tertiary alicyclic amines) is 1. The number of hydrogen-bond donors (Lipinski definition) is 0. The van der Waals surface area contributed by atoms with Crippen LogP contribution in [0.4, 0.5) is 0 Å². The summed E-state index contributed by atoms with van der Waals surface area (Å²) in [5.41, 5.74) is -0.107. The molecule has 1 heterocycles. The van der Waals surface area contributed by atoms with Crippen LogP contribution in [0.2, 0.25) is 0 Å². The molecule has 1 aliphatic rings. The first-order valence-corrected chi connectivity index (χ1v) is 5.20. The van der Waals surface area contributed by atoms with Gasteiger partial charge in [0, 0.05) is 12.6 Å². The van der Waals surface area contributed by atoms with E-state index >= 15 is 0 Å². The van der Waals surface area contributed by atoms with Crippen molar-refractivity contribution in [3.8, 4) is 0 Å². The normalized spacial score (nSPS) is 29.5. The minimum absolute atomic E-state index is 0.107. The van der Waals surface area contributed by atoms with E-state index in [2.05, 4.69) is 34.6 Å². The Kier molecular flexibility index (Phi) is 2.69. The van der Waals surface area contributed by atoms with Crippen LogP contribution in [0.1, 0.15) is 41.0 Å². The molecular formula is C11H21NO. The van der Waals surface area contributed by atoms with E-state index in [0.717, 1.165) is 13.0 Å². The van der Waals surface area contributed by atoms with Crippen molar-refractivity contribution < 1.29 is 4.79 Å². The molecule has 1 fully saturated rings. The second-order valence-corrected chi connectivity index (χ2v) is 4.91. The number of amides is 1. The summed E-state index contributed by atoms with van der Waals surface area (Å²) in [5.74, 6) is 0.793. The molecule has 2 nitrogen and oxygen atoms in total. The van der Waals surface area contributed by atoms with Gasteiger partial charge in [-0.05, 0) is 26.2 Å². The average Bonchev–Trinajstić information content (AvgIpc) is 2.30. The summed E-state index contributed by atoms with van der Waals surface area (Å²) < 4.78 is 0. The van der Waals surface area contributed by atoms with Crippen LogP contribution in [0, 0.1) is 11.3 Å². The molecule has 1 amide bonds. The monoisotopic (exact) mass is 183 g/mol. The van der Waals surface area contributed by atoms with Crippen LogP contribution in [0.5, 0.6) is 0 Å². The van der Waals surface area contributed by atoms with Gasteiger partial charge in [-0.25, -0.2) is 0 Å².